The molecule has 0 saturated carbocycles. The van der Waals surface area contributed by atoms with Crippen molar-refractivity contribution < 1.29 is 13.9 Å². The number of methoxy groups -OCH3 is 1. The average molecular weight is 377 g/mol. The highest BCUT2D eigenvalue weighted by molar-refractivity contribution is 9.10. The van der Waals surface area contributed by atoms with Crippen LogP contribution in [0, 0.1) is 5.82 Å². The molecule has 0 N–H and O–H groups in total. The number of rotatable bonds is 5. The maximum absolute atomic E-state index is 13.3. The second-order valence-corrected chi connectivity index (χ2v) is 6.28. The summed E-state index contributed by atoms with van der Waals surface area (Å²) in [5, 5.41) is 0. The second-order valence-electron chi connectivity index (χ2n) is 5.43. The van der Waals surface area contributed by atoms with E-state index in [0.29, 0.717) is 5.75 Å². The molecule has 0 saturated heterocycles. The number of benzene rings is 2. The monoisotopic (exact) mass is 376 g/mol. The average Bonchev–Trinajstić information content (AvgIpc) is 2.53. The number of hydrogen-bond acceptors (Lipinski definition) is 2. The SMILES string of the molecule is COc1c(Br)cc(C(C)C)c(C=CC=O)c1-c1ccc(F)cc1. The molecular formula is C19H18BrFO2. The Morgan fingerprint density at radius 1 is 1.22 bits per heavy atom. The van der Waals surface area contributed by atoms with E-state index in [9.17, 15) is 9.18 Å². The molecule has 0 fully saturated rings. The third kappa shape index (κ3) is 3.70. The van der Waals surface area contributed by atoms with Gasteiger partial charge < -0.3 is 4.74 Å². The van der Waals surface area contributed by atoms with E-state index in [4.69, 9.17) is 4.74 Å². The first-order chi connectivity index (χ1) is 11.0. The Morgan fingerprint density at radius 2 is 1.87 bits per heavy atom. The largest absolute Gasteiger partial charge is 0.495 e. The van der Waals surface area contributed by atoms with Gasteiger partial charge in [0.25, 0.3) is 0 Å². The lowest BCUT2D eigenvalue weighted by atomic mass is 9.89. The number of halogens is 2. The molecule has 0 aliphatic heterocycles. The summed E-state index contributed by atoms with van der Waals surface area (Å²) in [5.74, 6) is 0.617. The minimum atomic E-state index is -0.295. The Hall–Kier alpha value is -1.94. The van der Waals surface area contributed by atoms with E-state index in [2.05, 4.69) is 29.8 Å². The van der Waals surface area contributed by atoms with E-state index >= 15 is 0 Å². The van der Waals surface area contributed by atoms with E-state index in [0.717, 1.165) is 33.0 Å². The van der Waals surface area contributed by atoms with E-state index < -0.39 is 0 Å². The molecule has 2 aromatic carbocycles. The summed E-state index contributed by atoms with van der Waals surface area (Å²) in [6.45, 7) is 4.17. The summed E-state index contributed by atoms with van der Waals surface area (Å²) < 4.78 is 19.7. The standard InChI is InChI=1S/C19H18BrFO2/c1-12(2)16-11-17(20)19(23-3)18(15(16)5-4-10-22)13-6-8-14(21)9-7-13/h4-12H,1-3H3. The van der Waals surface area contributed by atoms with Crippen LogP contribution in [0.2, 0.25) is 0 Å². The first kappa shape index (κ1) is 17.4. The molecule has 0 aliphatic carbocycles. The number of ether oxygens (including phenoxy) is 1. The van der Waals surface area contributed by atoms with Crippen molar-refractivity contribution in [2.24, 2.45) is 0 Å². The molecule has 23 heavy (non-hydrogen) atoms. The van der Waals surface area contributed by atoms with Crippen LogP contribution in [-0.2, 0) is 4.79 Å². The molecular weight excluding hydrogens is 359 g/mol. The van der Waals surface area contributed by atoms with Crippen LogP contribution in [-0.4, -0.2) is 13.4 Å². The third-order valence-electron chi connectivity index (χ3n) is 3.61. The lowest BCUT2D eigenvalue weighted by Gasteiger charge is -2.20. The zero-order chi connectivity index (χ0) is 17.0. The highest BCUT2D eigenvalue weighted by atomic mass is 79.9. The first-order valence-electron chi connectivity index (χ1n) is 7.27. The van der Waals surface area contributed by atoms with E-state index in [1.807, 2.05) is 6.07 Å². The molecule has 0 aromatic heterocycles. The lowest BCUT2D eigenvalue weighted by Crippen LogP contribution is -2.00. The van der Waals surface area contributed by atoms with E-state index in [1.54, 1.807) is 25.3 Å². The Morgan fingerprint density at radius 3 is 2.39 bits per heavy atom. The van der Waals surface area contributed by atoms with Crippen LogP contribution in [0.15, 0.2) is 40.9 Å². The van der Waals surface area contributed by atoms with E-state index in [-0.39, 0.29) is 11.7 Å². The van der Waals surface area contributed by atoms with Gasteiger partial charge in [0.05, 0.1) is 11.6 Å². The Bertz CT molecular complexity index is 734. The van der Waals surface area contributed by atoms with Gasteiger partial charge in [0, 0.05) is 5.56 Å². The quantitative estimate of drug-likeness (QED) is 0.501. The molecule has 2 rings (SSSR count). The first-order valence-corrected chi connectivity index (χ1v) is 8.07. The van der Waals surface area contributed by atoms with Crippen LogP contribution in [0.4, 0.5) is 4.39 Å². The van der Waals surface area contributed by atoms with Crippen LogP contribution in [0.3, 0.4) is 0 Å². The molecule has 0 atom stereocenters. The van der Waals surface area contributed by atoms with Gasteiger partial charge in [-0.25, -0.2) is 4.39 Å². The van der Waals surface area contributed by atoms with Crippen molar-refractivity contribution in [3.05, 3.63) is 57.8 Å². The number of allylic oxidation sites excluding steroid dienone is 1. The van der Waals surface area contributed by atoms with E-state index in [1.165, 1.54) is 18.2 Å². The molecule has 0 heterocycles. The van der Waals surface area contributed by atoms with Crippen LogP contribution in [0.5, 0.6) is 5.75 Å². The van der Waals surface area contributed by atoms with Crippen LogP contribution >= 0.6 is 15.9 Å². The van der Waals surface area contributed by atoms with Crippen molar-refractivity contribution in [1.29, 1.82) is 0 Å². The van der Waals surface area contributed by atoms with Gasteiger partial charge >= 0.3 is 0 Å². The molecule has 0 spiro atoms. The summed E-state index contributed by atoms with van der Waals surface area (Å²) in [5.41, 5.74) is 3.65. The minimum absolute atomic E-state index is 0.253. The van der Waals surface area contributed by atoms with Gasteiger partial charge in [-0.05, 0) is 62.8 Å². The van der Waals surface area contributed by atoms with Gasteiger partial charge in [-0.1, -0.05) is 32.1 Å². The fourth-order valence-corrected chi connectivity index (χ4v) is 3.17. The minimum Gasteiger partial charge on any atom is -0.495 e. The molecule has 0 bridgehead atoms. The second kappa shape index (κ2) is 7.55. The normalized spacial score (nSPS) is 11.2. The van der Waals surface area contributed by atoms with Crippen LogP contribution in [0.25, 0.3) is 17.2 Å². The van der Waals surface area contributed by atoms with Gasteiger partial charge in [-0.2, -0.15) is 0 Å². The Labute approximate surface area is 144 Å². The smallest absolute Gasteiger partial charge is 0.142 e. The van der Waals surface area contributed by atoms with Crippen molar-refractivity contribution in [3.63, 3.8) is 0 Å². The molecule has 2 aromatic rings. The molecule has 0 radical (unpaired) electrons. The summed E-state index contributed by atoms with van der Waals surface area (Å²) in [4.78, 5) is 10.8. The Balaban J connectivity index is 2.85. The molecule has 4 heteroatoms. The zero-order valence-electron chi connectivity index (χ0n) is 13.3. The number of carbonyl (C=O) groups excluding carboxylic acids is 1. The summed E-state index contributed by atoms with van der Waals surface area (Å²) in [6.07, 6.45) is 3.98. The van der Waals surface area contributed by atoms with Gasteiger partial charge in [0.15, 0.2) is 0 Å². The van der Waals surface area contributed by atoms with Gasteiger partial charge in [0.2, 0.25) is 0 Å². The third-order valence-corrected chi connectivity index (χ3v) is 4.20. The van der Waals surface area contributed by atoms with Crippen LogP contribution in [0.1, 0.15) is 30.9 Å². The number of carbonyl (C=O) groups is 1. The van der Waals surface area contributed by atoms with Crippen molar-refractivity contribution in [2.45, 2.75) is 19.8 Å². The lowest BCUT2D eigenvalue weighted by molar-refractivity contribution is -0.104. The van der Waals surface area contributed by atoms with Crippen molar-refractivity contribution in [1.82, 2.24) is 0 Å². The fraction of sp³-hybridized carbons (Fsp3) is 0.211. The summed E-state index contributed by atoms with van der Waals surface area (Å²) in [7, 11) is 1.59. The topological polar surface area (TPSA) is 26.3 Å². The maximum atomic E-state index is 13.3. The van der Waals surface area contributed by atoms with Crippen LogP contribution < -0.4 is 4.74 Å². The molecule has 2 nitrogen and oxygen atoms in total. The summed E-state index contributed by atoms with van der Waals surface area (Å²) in [6, 6.07) is 8.25. The van der Waals surface area contributed by atoms with Crippen molar-refractivity contribution in [3.8, 4) is 16.9 Å². The molecule has 0 unspecified atom stereocenters. The summed E-state index contributed by atoms with van der Waals surface area (Å²) >= 11 is 3.55. The molecule has 120 valence electrons. The predicted octanol–water partition coefficient (Wildman–Crippen LogP) is 5.60. The maximum Gasteiger partial charge on any atom is 0.142 e. The predicted molar refractivity (Wildman–Crippen MR) is 95.3 cm³/mol. The van der Waals surface area contributed by atoms with Gasteiger partial charge in [0.1, 0.15) is 17.9 Å². The highest BCUT2D eigenvalue weighted by Gasteiger charge is 2.19. The molecule has 0 amide bonds. The van der Waals surface area contributed by atoms with Gasteiger partial charge in [-0.3, -0.25) is 4.79 Å². The highest BCUT2D eigenvalue weighted by Crippen LogP contribution is 2.43. The van der Waals surface area contributed by atoms with Gasteiger partial charge in [-0.15, -0.1) is 0 Å². The van der Waals surface area contributed by atoms with Crippen molar-refractivity contribution >= 4 is 28.3 Å². The Kier molecular flexibility index (Phi) is 5.72. The molecule has 0 aliphatic rings. The zero-order valence-corrected chi connectivity index (χ0v) is 14.9. The number of hydrogen-bond donors (Lipinski definition) is 0. The van der Waals surface area contributed by atoms with Crippen molar-refractivity contribution in [2.75, 3.05) is 7.11 Å². The number of aldehydes is 1. The fourth-order valence-electron chi connectivity index (χ4n) is 2.56.